The van der Waals surface area contributed by atoms with Gasteiger partial charge in [0.25, 0.3) is 0 Å². The minimum Gasteiger partial charge on any atom is -0.328 e. The van der Waals surface area contributed by atoms with E-state index in [4.69, 9.17) is 10.2 Å². The quantitative estimate of drug-likeness (QED) is 0.834. The zero-order valence-corrected chi connectivity index (χ0v) is 12.2. The molecule has 0 N–H and O–H groups in total. The first kappa shape index (κ1) is 13.6. The fraction of sp³-hybridized carbons (Fsp3) is 0.500. The van der Waals surface area contributed by atoms with Crippen molar-refractivity contribution >= 4 is 11.0 Å². The van der Waals surface area contributed by atoms with Gasteiger partial charge in [-0.25, -0.2) is 4.98 Å². The molecule has 0 aliphatic rings. The number of benzene rings is 1. The number of hydrogen-bond acceptors (Lipinski definition) is 2. The number of hydrogen-bond donors (Lipinski definition) is 0. The van der Waals surface area contributed by atoms with Crippen molar-refractivity contribution in [2.24, 2.45) is 5.41 Å². The summed E-state index contributed by atoms with van der Waals surface area (Å²) in [5, 5.41) is 8.98. The molecule has 0 atom stereocenters. The molecule has 3 nitrogen and oxygen atoms in total. The lowest BCUT2D eigenvalue weighted by molar-refractivity contribution is 0.392. The van der Waals surface area contributed by atoms with Crippen LogP contribution >= 0.6 is 0 Å². The van der Waals surface area contributed by atoms with Crippen molar-refractivity contribution in [1.82, 2.24) is 9.55 Å². The maximum absolute atomic E-state index is 8.98. The molecule has 0 bridgehead atoms. The molecule has 3 heteroatoms. The minimum atomic E-state index is 0.213. The van der Waals surface area contributed by atoms with Gasteiger partial charge in [-0.1, -0.05) is 27.7 Å². The monoisotopic (exact) mass is 255 g/mol. The first-order valence-corrected chi connectivity index (χ1v) is 6.84. The number of imidazole rings is 1. The lowest BCUT2D eigenvalue weighted by Gasteiger charge is -2.18. The maximum atomic E-state index is 8.98. The normalized spacial score (nSPS) is 11.7. The van der Waals surface area contributed by atoms with Crippen molar-refractivity contribution in [3.8, 4) is 6.07 Å². The summed E-state index contributed by atoms with van der Waals surface area (Å²) in [4.78, 5) is 4.74. The van der Waals surface area contributed by atoms with Gasteiger partial charge in [0.1, 0.15) is 5.82 Å². The van der Waals surface area contributed by atoms with Gasteiger partial charge in [0, 0.05) is 13.0 Å². The Balaban J connectivity index is 2.56. The van der Waals surface area contributed by atoms with Gasteiger partial charge in [0.15, 0.2) is 0 Å². The third-order valence-electron chi connectivity index (χ3n) is 3.09. The fourth-order valence-electron chi connectivity index (χ4n) is 2.33. The van der Waals surface area contributed by atoms with E-state index in [2.05, 4.69) is 38.3 Å². The van der Waals surface area contributed by atoms with E-state index >= 15 is 0 Å². The topological polar surface area (TPSA) is 41.6 Å². The van der Waals surface area contributed by atoms with Crippen molar-refractivity contribution < 1.29 is 0 Å². The first-order chi connectivity index (χ1) is 8.94. The van der Waals surface area contributed by atoms with Crippen LogP contribution in [0.1, 0.15) is 45.5 Å². The SMILES string of the molecule is CCCn1c(CC(C)(C)C)nc2cc(C#N)ccc21. The van der Waals surface area contributed by atoms with Crippen molar-refractivity contribution in [3.05, 3.63) is 29.6 Å². The van der Waals surface area contributed by atoms with Crippen molar-refractivity contribution in [2.45, 2.75) is 47.1 Å². The van der Waals surface area contributed by atoms with E-state index in [0.717, 1.165) is 36.2 Å². The number of aryl methyl sites for hydroxylation is 1. The molecule has 0 radical (unpaired) electrons. The van der Waals surface area contributed by atoms with Gasteiger partial charge in [0.05, 0.1) is 22.7 Å². The molecule has 2 rings (SSSR count). The van der Waals surface area contributed by atoms with Crippen LogP contribution < -0.4 is 0 Å². The highest BCUT2D eigenvalue weighted by Gasteiger charge is 2.18. The molecular weight excluding hydrogens is 234 g/mol. The second kappa shape index (κ2) is 5.05. The molecule has 0 aliphatic heterocycles. The molecule has 0 aliphatic carbocycles. The molecule has 0 spiro atoms. The van der Waals surface area contributed by atoms with Crippen molar-refractivity contribution in [3.63, 3.8) is 0 Å². The van der Waals surface area contributed by atoms with Crippen LogP contribution in [0.3, 0.4) is 0 Å². The Morgan fingerprint density at radius 1 is 1.32 bits per heavy atom. The van der Waals surface area contributed by atoms with Crippen molar-refractivity contribution in [1.29, 1.82) is 5.26 Å². The van der Waals surface area contributed by atoms with Gasteiger partial charge >= 0.3 is 0 Å². The van der Waals surface area contributed by atoms with Crippen LogP contribution in [-0.2, 0) is 13.0 Å². The van der Waals surface area contributed by atoms with Gasteiger partial charge in [-0.3, -0.25) is 0 Å². The molecule has 0 saturated heterocycles. The Morgan fingerprint density at radius 2 is 2.05 bits per heavy atom. The summed E-state index contributed by atoms with van der Waals surface area (Å²) in [6.45, 7) is 9.83. The second-order valence-electron chi connectivity index (χ2n) is 6.23. The number of aromatic nitrogens is 2. The molecular formula is C16H21N3. The molecule has 19 heavy (non-hydrogen) atoms. The summed E-state index contributed by atoms with van der Waals surface area (Å²) in [6, 6.07) is 7.95. The van der Waals surface area contributed by atoms with Crippen LogP contribution in [0.5, 0.6) is 0 Å². The summed E-state index contributed by atoms with van der Waals surface area (Å²) in [6.07, 6.45) is 2.03. The van der Waals surface area contributed by atoms with Gasteiger partial charge in [-0.15, -0.1) is 0 Å². The summed E-state index contributed by atoms with van der Waals surface area (Å²) in [7, 11) is 0. The van der Waals surface area contributed by atoms with Gasteiger partial charge in [0.2, 0.25) is 0 Å². The number of nitriles is 1. The van der Waals surface area contributed by atoms with E-state index in [9.17, 15) is 0 Å². The summed E-state index contributed by atoms with van der Waals surface area (Å²) in [5.74, 6) is 1.12. The molecule has 0 amide bonds. The maximum Gasteiger partial charge on any atom is 0.110 e. The Labute approximate surface area is 114 Å². The third-order valence-corrected chi connectivity index (χ3v) is 3.09. The van der Waals surface area contributed by atoms with Crippen molar-refractivity contribution in [2.75, 3.05) is 0 Å². The highest BCUT2D eigenvalue weighted by molar-refractivity contribution is 5.77. The molecule has 1 aromatic carbocycles. The highest BCUT2D eigenvalue weighted by atomic mass is 15.1. The number of nitrogens with zero attached hydrogens (tertiary/aromatic N) is 3. The molecule has 100 valence electrons. The average Bonchev–Trinajstić information content (AvgIpc) is 2.64. The smallest absolute Gasteiger partial charge is 0.110 e. The van der Waals surface area contributed by atoms with Gasteiger partial charge in [-0.05, 0) is 30.0 Å². The molecule has 0 saturated carbocycles. The lowest BCUT2D eigenvalue weighted by atomic mass is 9.92. The van der Waals surface area contributed by atoms with Crippen LogP contribution in [0.25, 0.3) is 11.0 Å². The molecule has 1 heterocycles. The first-order valence-electron chi connectivity index (χ1n) is 6.84. The Hall–Kier alpha value is -1.82. The summed E-state index contributed by atoms with van der Waals surface area (Å²) in [5.41, 5.74) is 2.97. The van der Waals surface area contributed by atoms with E-state index in [0.29, 0.717) is 5.56 Å². The minimum absolute atomic E-state index is 0.213. The van der Waals surface area contributed by atoms with Gasteiger partial charge in [-0.2, -0.15) is 5.26 Å². The molecule has 0 unspecified atom stereocenters. The third kappa shape index (κ3) is 2.96. The van der Waals surface area contributed by atoms with E-state index in [1.807, 2.05) is 18.2 Å². The Bertz CT molecular complexity index is 624. The lowest BCUT2D eigenvalue weighted by Crippen LogP contribution is -2.14. The summed E-state index contributed by atoms with van der Waals surface area (Å²) >= 11 is 0. The van der Waals surface area contributed by atoms with E-state index in [1.165, 1.54) is 0 Å². The van der Waals surface area contributed by atoms with Crippen LogP contribution in [0.15, 0.2) is 18.2 Å². The standard InChI is InChI=1S/C16H21N3/c1-5-8-19-14-7-6-12(11-17)9-13(14)18-15(19)10-16(2,3)4/h6-7,9H,5,8,10H2,1-4H3. The largest absolute Gasteiger partial charge is 0.328 e. The average molecular weight is 255 g/mol. The highest BCUT2D eigenvalue weighted by Crippen LogP contribution is 2.24. The fourth-order valence-corrected chi connectivity index (χ4v) is 2.33. The Kier molecular flexibility index (Phi) is 3.61. The summed E-state index contributed by atoms with van der Waals surface area (Å²) < 4.78 is 2.29. The van der Waals surface area contributed by atoms with E-state index < -0.39 is 0 Å². The molecule has 1 aromatic heterocycles. The molecule has 0 fully saturated rings. The number of fused-ring (bicyclic) bond motifs is 1. The Morgan fingerprint density at radius 3 is 2.63 bits per heavy atom. The zero-order valence-electron chi connectivity index (χ0n) is 12.2. The van der Waals surface area contributed by atoms with Crippen LogP contribution in [-0.4, -0.2) is 9.55 Å². The van der Waals surface area contributed by atoms with E-state index in [1.54, 1.807) is 0 Å². The number of rotatable bonds is 3. The second-order valence-corrected chi connectivity index (χ2v) is 6.23. The van der Waals surface area contributed by atoms with Crippen LogP contribution in [0.2, 0.25) is 0 Å². The van der Waals surface area contributed by atoms with E-state index in [-0.39, 0.29) is 5.41 Å². The predicted octanol–water partition coefficient (Wildman–Crippen LogP) is 3.91. The zero-order chi connectivity index (χ0) is 14.0. The van der Waals surface area contributed by atoms with Crippen LogP contribution in [0.4, 0.5) is 0 Å². The van der Waals surface area contributed by atoms with Crippen LogP contribution in [0, 0.1) is 16.7 Å². The van der Waals surface area contributed by atoms with Gasteiger partial charge < -0.3 is 4.57 Å². The predicted molar refractivity (Wildman–Crippen MR) is 77.9 cm³/mol. The molecule has 2 aromatic rings.